The molecule has 2 atom stereocenters. The van der Waals surface area contributed by atoms with Crippen molar-refractivity contribution in [2.24, 2.45) is 5.92 Å². The minimum Gasteiger partial charge on any atom is -0.362 e. The number of hydrogen-bond acceptors (Lipinski definition) is 6. The van der Waals surface area contributed by atoms with Crippen LogP contribution >= 0.6 is 0 Å². The van der Waals surface area contributed by atoms with E-state index in [1.54, 1.807) is 18.2 Å². The van der Waals surface area contributed by atoms with Gasteiger partial charge >= 0.3 is 0 Å². The van der Waals surface area contributed by atoms with Crippen molar-refractivity contribution >= 4 is 17.3 Å². The molecule has 0 saturated carbocycles. The third-order valence-corrected chi connectivity index (χ3v) is 5.05. The highest BCUT2D eigenvalue weighted by molar-refractivity contribution is 5.82. The SMILES string of the molecule is CC(C)C1CC(C(=O)N2CCN(c3ccccc3[N+](=O)[O-])CC2)NN1. The molecule has 0 radical (unpaired) electrons. The van der Waals surface area contributed by atoms with Crippen molar-refractivity contribution in [3.05, 3.63) is 34.4 Å². The van der Waals surface area contributed by atoms with Crippen molar-refractivity contribution in [2.45, 2.75) is 32.4 Å². The zero-order chi connectivity index (χ0) is 18.0. The number of hydrazine groups is 1. The quantitative estimate of drug-likeness (QED) is 0.627. The smallest absolute Gasteiger partial charge is 0.292 e. The van der Waals surface area contributed by atoms with E-state index in [0.29, 0.717) is 43.8 Å². The van der Waals surface area contributed by atoms with Crippen LogP contribution in [0.2, 0.25) is 0 Å². The summed E-state index contributed by atoms with van der Waals surface area (Å²) >= 11 is 0. The molecule has 1 aromatic rings. The number of nitro benzene ring substituents is 1. The molecular weight excluding hydrogens is 322 g/mol. The minimum atomic E-state index is -0.354. The monoisotopic (exact) mass is 347 g/mol. The molecule has 8 nitrogen and oxygen atoms in total. The molecule has 2 unspecified atom stereocenters. The maximum Gasteiger partial charge on any atom is 0.292 e. The molecule has 0 aliphatic carbocycles. The van der Waals surface area contributed by atoms with E-state index in [-0.39, 0.29) is 22.6 Å². The molecule has 8 heteroatoms. The van der Waals surface area contributed by atoms with Gasteiger partial charge in [0.25, 0.3) is 5.69 Å². The highest BCUT2D eigenvalue weighted by Crippen LogP contribution is 2.28. The first kappa shape index (κ1) is 17.6. The zero-order valence-electron chi connectivity index (χ0n) is 14.6. The van der Waals surface area contributed by atoms with Crippen molar-refractivity contribution in [3.63, 3.8) is 0 Å². The Labute approximate surface area is 147 Å². The molecule has 0 spiro atoms. The van der Waals surface area contributed by atoms with Crippen molar-refractivity contribution in [1.82, 2.24) is 15.8 Å². The summed E-state index contributed by atoms with van der Waals surface area (Å²) in [5.74, 6) is 0.582. The molecule has 25 heavy (non-hydrogen) atoms. The molecule has 3 rings (SSSR count). The number of amides is 1. The van der Waals surface area contributed by atoms with Gasteiger partial charge in [0.05, 0.1) is 4.92 Å². The molecule has 2 fully saturated rings. The second kappa shape index (κ2) is 7.37. The first-order valence-corrected chi connectivity index (χ1v) is 8.75. The Balaban J connectivity index is 1.59. The Bertz CT molecular complexity index is 643. The van der Waals surface area contributed by atoms with Crippen LogP contribution in [0.25, 0.3) is 0 Å². The Morgan fingerprint density at radius 3 is 2.48 bits per heavy atom. The maximum atomic E-state index is 12.7. The van der Waals surface area contributed by atoms with Gasteiger partial charge in [-0.15, -0.1) is 0 Å². The summed E-state index contributed by atoms with van der Waals surface area (Å²) in [6.07, 6.45) is 0.793. The third kappa shape index (κ3) is 3.74. The fourth-order valence-electron chi connectivity index (χ4n) is 3.45. The third-order valence-electron chi connectivity index (χ3n) is 5.05. The lowest BCUT2D eigenvalue weighted by molar-refractivity contribution is -0.384. The Morgan fingerprint density at radius 1 is 1.20 bits per heavy atom. The lowest BCUT2D eigenvalue weighted by Gasteiger charge is -2.36. The first-order valence-electron chi connectivity index (χ1n) is 8.75. The Kier molecular flexibility index (Phi) is 5.19. The molecule has 1 amide bonds. The lowest BCUT2D eigenvalue weighted by Crippen LogP contribution is -2.53. The van der Waals surface area contributed by atoms with Gasteiger partial charge in [-0.3, -0.25) is 20.3 Å². The van der Waals surface area contributed by atoms with Crippen LogP contribution in [-0.2, 0) is 4.79 Å². The van der Waals surface area contributed by atoms with Crippen LogP contribution in [0.3, 0.4) is 0 Å². The molecule has 0 aromatic heterocycles. The summed E-state index contributed by atoms with van der Waals surface area (Å²) in [4.78, 5) is 27.4. The van der Waals surface area contributed by atoms with Gasteiger partial charge in [0, 0.05) is 38.3 Å². The van der Waals surface area contributed by atoms with E-state index in [1.807, 2.05) is 9.80 Å². The van der Waals surface area contributed by atoms with E-state index in [1.165, 1.54) is 6.07 Å². The van der Waals surface area contributed by atoms with Crippen molar-refractivity contribution in [3.8, 4) is 0 Å². The summed E-state index contributed by atoms with van der Waals surface area (Å²) < 4.78 is 0. The second-order valence-electron chi connectivity index (χ2n) is 6.99. The molecule has 2 aliphatic rings. The number of para-hydroxylation sites is 2. The zero-order valence-corrected chi connectivity index (χ0v) is 14.6. The Morgan fingerprint density at radius 2 is 1.88 bits per heavy atom. The molecule has 2 heterocycles. The van der Waals surface area contributed by atoms with Crippen LogP contribution in [0.5, 0.6) is 0 Å². The van der Waals surface area contributed by atoms with Crippen molar-refractivity contribution < 1.29 is 9.72 Å². The molecule has 2 N–H and O–H groups in total. The molecule has 2 aliphatic heterocycles. The molecule has 136 valence electrons. The van der Waals surface area contributed by atoms with Gasteiger partial charge in [0.2, 0.25) is 5.91 Å². The number of nitrogens with one attached hydrogen (secondary N) is 2. The number of anilines is 1. The number of carbonyl (C=O) groups is 1. The first-order chi connectivity index (χ1) is 12.0. The van der Waals surface area contributed by atoms with E-state index in [0.717, 1.165) is 6.42 Å². The van der Waals surface area contributed by atoms with Gasteiger partial charge in [-0.2, -0.15) is 0 Å². The number of benzene rings is 1. The number of nitro groups is 1. The van der Waals surface area contributed by atoms with Crippen molar-refractivity contribution in [2.75, 3.05) is 31.1 Å². The van der Waals surface area contributed by atoms with Crippen molar-refractivity contribution in [1.29, 1.82) is 0 Å². The summed E-state index contributed by atoms with van der Waals surface area (Å²) in [6.45, 7) is 6.63. The lowest BCUT2D eigenvalue weighted by atomic mass is 9.99. The minimum absolute atomic E-state index is 0.109. The van der Waals surface area contributed by atoms with Crippen LogP contribution < -0.4 is 15.8 Å². The van der Waals surface area contributed by atoms with Gasteiger partial charge in [-0.1, -0.05) is 26.0 Å². The van der Waals surface area contributed by atoms with E-state index in [4.69, 9.17) is 0 Å². The fraction of sp³-hybridized carbons (Fsp3) is 0.588. The molecule has 2 saturated heterocycles. The van der Waals surface area contributed by atoms with Gasteiger partial charge < -0.3 is 9.80 Å². The molecule has 1 aromatic carbocycles. The predicted octanol–water partition coefficient (Wildman–Crippen LogP) is 1.13. The average molecular weight is 347 g/mol. The van der Waals surface area contributed by atoms with Gasteiger partial charge in [-0.05, 0) is 18.4 Å². The van der Waals surface area contributed by atoms with Crippen LogP contribution in [0, 0.1) is 16.0 Å². The van der Waals surface area contributed by atoms with Crippen LogP contribution in [0.1, 0.15) is 20.3 Å². The number of hydrogen-bond donors (Lipinski definition) is 2. The standard InChI is InChI=1S/C17H25N5O3/c1-12(2)13-11-14(19-18-13)17(23)21-9-7-20(8-10-21)15-5-3-4-6-16(15)22(24)25/h3-6,12-14,18-19H,7-11H2,1-2H3. The second-order valence-corrected chi connectivity index (χ2v) is 6.99. The van der Waals surface area contributed by atoms with Crippen LogP contribution in [-0.4, -0.2) is 54.0 Å². The number of carbonyl (C=O) groups excluding carboxylic acids is 1. The van der Waals surface area contributed by atoms with E-state index < -0.39 is 0 Å². The van der Waals surface area contributed by atoms with Crippen LogP contribution in [0.15, 0.2) is 24.3 Å². The van der Waals surface area contributed by atoms with Gasteiger partial charge in [-0.25, -0.2) is 5.43 Å². The van der Waals surface area contributed by atoms with E-state index in [9.17, 15) is 14.9 Å². The molecular formula is C17H25N5O3. The van der Waals surface area contributed by atoms with Crippen LogP contribution in [0.4, 0.5) is 11.4 Å². The number of rotatable bonds is 4. The fourth-order valence-corrected chi connectivity index (χ4v) is 3.45. The van der Waals surface area contributed by atoms with Gasteiger partial charge in [0.1, 0.15) is 11.7 Å². The topological polar surface area (TPSA) is 90.8 Å². The van der Waals surface area contributed by atoms with Gasteiger partial charge in [0.15, 0.2) is 0 Å². The normalized spacial score (nSPS) is 24.0. The largest absolute Gasteiger partial charge is 0.362 e. The molecule has 0 bridgehead atoms. The predicted molar refractivity (Wildman–Crippen MR) is 95.2 cm³/mol. The van der Waals surface area contributed by atoms with E-state index in [2.05, 4.69) is 24.7 Å². The number of piperazine rings is 1. The summed E-state index contributed by atoms with van der Waals surface area (Å²) in [5.41, 5.74) is 7.05. The number of nitrogens with zero attached hydrogens (tertiary/aromatic N) is 3. The Hall–Kier alpha value is -2.19. The summed E-state index contributed by atoms with van der Waals surface area (Å²) in [7, 11) is 0. The average Bonchev–Trinajstić information content (AvgIpc) is 3.11. The highest BCUT2D eigenvalue weighted by atomic mass is 16.6. The van der Waals surface area contributed by atoms with E-state index >= 15 is 0 Å². The summed E-state index contributed by atoms with van der Waals surface area (Å²) in [5, 5.41) is 11.2. The maximum absolute atomic E-state index is 12.7. The summed E-state index contributed by atoms with van der Waals surface area (Å²) in [6, 6.07) is 6.89. The highest BCUT2D eigenvalue weighted by Gasteiger charge is 2.35.